The summed E-state index contributed by atoms with van der Waals surface area (Å²) >= 11 is 0. The van der Waals surface area contributed by atoms with Crippen LogP contribution in [0.15, 0.2) is 17.1 Å². The number of halogens is 2. The number of pyridine rings is 1. The first-order chi connectivity index (χ1) is 12.6. The number of nitrogens with one attached hydrogen (secondary N) is 2. The monoisotopic (exact) mass is 428 g/mol. The number of nitrogens with zero attached hydrogens (tertiary/aromatic N) is 4. The van der Waals surface area contributed by atoms with Crippen LogP contribution in [0, 0.1) is 6.92 Å². The maximum atomic E-state index is 12.9. The molecule has 8 nitrogen and oxygen atoms in total. The van der Waals surface area contributed by atoms with Gasteiger partial charge in [0.1, 0.15) is 11.4 Å². The number of fused-ring (bicyclic) bond motifs is 1. The Hall–Kier alpha value is -1.90. The van der Waals surface area contributed by atoms with Crippen molar-refractivity contribution in [3.05, 3.63) is 45.4 Å². The Morgan fingerprint density at radius 2 is 2.04 bits per heavy atom. The highest BCUT2D eigenvalue weighted by Gasteiger charge is 2.22. The van der Waals surface area contributed by atoms with Gasteiger partial charge in [0.15, 0.2) is 5.82 Å². The van der Waals surface area contributed by atoms with Crippen LogP contribution >= 0.6 is 24.8 Å². The van der Waals surface area contributed by atoms with E-state index in [-0.39, 0.29) is 54.4 Å². The molecule has 10 heteroatoms. The lowest BCUT2D eigenvalue weighted by Crippen LogP contribution is -2.38. The number of piperidine rings is 1. The second-order valence-corrected chi connectivity index (χ2v) is 7.04. The summed E-state index contributed by atoms with van der Waals surface area (Å²) in [6.45, 7) is 4.76. The molecule has 2 aromatic rings. The van der Waals surface area contributed by atoms with Gasteiger partial charge in [-0.15, -0.1) is 35.0 Å². The second kappa shape index (κ2) is 9.54. The highest BCUT2D eigenvalue weighted by Crippen LogP contribution is 2.17. The van der Waals surface area contributed by atoms with E-state index in [4.69, 9.17) is 0 Å². The first-order valence-electron chi connectivity index (χ1n) is 9.27. The minimum absolute atomic E-state index is 0. The molecule has 2 N–H and O–H groups in total. The molecule has 4 heterocycles. The second-order valence-electron chi connectivity index (χ2n) is 7.04. The van der Waals surface area contributed by atoms with Gasteiger partial charge < -0.3 is 19.8 Å². The van der Waals surface area contributed by atoms with E-state index in [9.17, 15) is 9.59 Å². The van der Waals surface area contributed by atoms with E-state index < -0.39 is 0 Å². The maximum Gasteiger partial charge on any atom is 0.263 e. The Balaban J connectivity index is 0.00000140. The zero-order valence-electron chi connectivity index (χ0n) is 15.8. The van der Waals surface area contributed by atoms with Crippen molar-refractivity contribution >= 4 is 30.7 Å². The van der Waals surface area contributed by atoms with Crippen LogP contribution in [0.4, 0.5) is 0 Å². The zero-order chi connectivity index (χ0) is 18.1. The summed E-state index contributed by atoms with van der Waals surface area (Å²) in [5, 5.41) is 14.4. The molecule has 0 unspecified atom stereocenters. The van der Waals surface area contributed by atoms with E-state index in [0.717, 1.165) is 57.0 Å². The van der Waals surface area contributed by atoms with Crippen LogP contribution in [0.1, 0.15) is 52.9 Å². The predicted molar refractivity (Wildman–Crippen MR) is 111 cm³/mol. The van der Waals surface area contributed by atoms with E-state index in [1.807, 2.05) is 16.8 Å². The van der Waals surface area contributed by atoms with Crippen molar-refractivity contribution in [1.29, 1.82) is 0 Å². The van der Waals surface area contributed by atoms with E-state index in [0.29, 0.717) is 5.56 Å². The maximum absolute atomic E-state index is 12.9. The van der Waals surface area contributed by atoms with Crippen molar-refractivity contribution in [3.8, 4) is 0 Å². The van der Waals surface area contributed by atoms with Gasteiger partial charge in [-0.25, -0.2) is 0 Å². The van der Waals surface area contributed by atoms with Gasteiger partial charge in [-0.3, -0.25) is 9.59 Å². The summed E-state index contributed by atoms with van der Waals surface area (Å²) in [4.78, 5) is 25.7. The zero-order valence-corrected chi connectivity index (χ0v) is 17.4. The van der Waals surface area contributed by atoms with Crippen LogP contribution in [-0.2, 0) is 19.5 Å². The standard InChI is InChI=1S/C18H24N6O2.2ClH/c1-12-6-10-23(13-4-7-19-8-5-13)18(26)16(12)17(25)20-11-15-22-21-14-3-2-9-24(14)15;;/h6,10,13,19H,2-5,7-9,11H2,1H3,(H,20,25);2*1H. The quantitative estimate of drug-likeness (QED) is 0.767. The van der Waals surface area contributed by atoms with Gasteiger partial charge in [-0.2, -0.15) is 0 Å². The highest BCUT2D eigenvalue weighted by atomic mass is 35.5. The SMILES string of the molecule is Cc1ccn(C2CCNCC2)c(=O)c1C(=O)NCc1nnc2n1CCC2.Cl.Cl. The van der Waals surface area contributed by atoms with Crippen LogP contribution in [0.3, 0.4) is 0 Å². The van der Waals surface area contributed by atoms with Crippen LogP contribution in [0.2, 0.25) is 0 Å². The lowest BCUT2D eigenvalue weighted by molar-refractivity contribution is 0.0946. The number of aromatic nitrogens is 4. The van der Waals surface area contributed by atoms with Gasteiger partial charge in [-0.1, -0.05) is 0 Å². The molecule has 0 saturated carbocycles. The molecule has 2 aromatic heterocycles. The predicted octanol–water partition coefficient (Wildman–Crippen LogP) is 1.39. The molecule has 2 aliphatic heterocycles. The van der Waals surface area contributed by atoms with E-state index in [1.54, 1.807) is 11.5 Å². The molecular formula is C18H26Cl2N6O2. The fraction of sp³-hybridized carbons (Fsp3) is 0.556. The summed E-state index contributed by atoms with van der Waals surface area (Å²) in [7, 11) is 0. The first-order valence-corrected chi connectivity index (χ1v) is 9.27. The van der Waals surface area contributed by atoms with E-state index >= 15 is 0 Å². The molecule has 0 spiro atoms. The van der Waals surface area contributed by atoms with Crippen molar-refractivity contribution < 1.29 is 4.79 Å². The molecule has 28 heavy (non-hydrogen) atoms. The molecule has 4 rings (SSSR count). The molecule has 0 atom stereocenters. The number of carbonyl (C=O) groups excluding carboxylic acids is 1. The summed E-state index contributed by atoms with van der Waals surface area (Å²) in [5.41, 5.74) is 0.720. The molecule has 0 aromatic carbocycles. The molecule has 1 amide bonds. The van der Waals surface area contributed by atoms with Gasteiger partial charge >= 0.3 is 0 Å². The smallest absolute Gasteiger partial charge is 0.263 e. The largest absolute Gasteiger partial charge is 0.345 e. The van der Waals surface area contributed by atoms with E-state index in [2.05, 4.69) is 20.8 Å². The van der Waals surface area contributed by atoms with Gasteiger partial charge in [0, 0.05) is 25.2 Å². The molecular weight excluding hydrogens is 403 g/mol. The number of hydrogen-bond donors (Lipinski definition) is 2. The summed E-state index contributed by atoms with van der Waals surface area (Å²) in [6.07, 6.45) is 5.60. The van der Waals surface area contributed by atoms with Crippen LogP contribution in [-0.4, -0.2) is 38.3 Å². The first kappa shape index (κ1) is 22.4. The van der Waals surface area contributed by atoms with Crippen LogP contribution < -0.4 is 16.2 Å². The average Bonchev–Trinajstić information content (AvgIpc) is 3.25. The third kappa shape index (κ3) is 4.24. The topological polar surface area (TPSA) is 93.8 Å². The van der Waals surface area contributed by atoms with Gasteiger partial charge in [0.05, 0.1) is 6.54 Å². The fourth-order valence-corrected chi connectivity index (χ4v) is 3.88. The van der Waals surface area contributed by atoms with Crippen molar-refractivity contribution in [2.45, 2.75) is 51.7 Å². The third-order valence-electron chi connectivity index (χ3n) is 5.35. The number of aryl methyl sites for hydroxylation is 2. The fourth-order valence-electron chi connectivity index (χ4n) is 3.88. The van der Waals surface area contributed by atoms with Crippen molar-refractivity contribution in [2.24, 2.45) is 0 Å². The number of carbonyl (C=O) groups is 1. The third-order valence-corrected chi connectivity index (χ3v) is 5.35. The van der Waals surface area contributed by atoms with Crippen molar-refractivity contribution in [2.75, 3.05) is 13.1 Å². The van der Waals surface area contributed by atoms with Crippen LogP contribution in [0.5, 0.6) is 0 Å². The van der Waals surface area contributed by atoms with Gasteiger partial charge in [0.2, 0.25) is 0 Å². The minimum atomic E-state index is -0.342. The lowest BCUT2D eigenvalue weighted by atomic mass is 10.0. The summed E-state index contributed by atoms with van der Waals surface area (Å²) in [6, 6.07) is 2.00. The van der Waals surface area contributed by atoms with E-state index in [1.165, 1.54) is 0 Å². The average molecular weight is 429 g/mol. The Morgan fingerprint density at radius 3 is 2.79 bits per heavy atom. The Morgan fingerprint density at radius 1 is 1.29 bits per heavy atom. The lowest BCUT2D eigenvalue weighted by Gasteiger charge is -2.25. The molecule has 0 aliphatic carbocycles. The van der Waals surface area contributed by atoms with Gasteiger partial charge in [0.25, 0.3) is 11.5 Å². The van der Waals surface area contributed by atoms with Gasteiger partial charge in [-0.05, 0) is 50.9 Å². The molecule has 2 aliphatic rings. The highest BCUT2D eigenvalue weighted by molar-refractivity contribution is 5.95. The molecule has 1 fully saturated rings. The number of rotatable bonds is 4. The minimum Gasteiger partial charge on any atom is -0.345 e. The Labute approximate surface area is 175 Å². The molecule has 1 saturated heterocycles. The summed E-state index contributed by atoms with van der Waals surface area (Å²) < 4.78 is 3.77. The number of hydrogen-bond acceptors (Lipinski definition) is 5. The Bertz CT molecular complexity index is 889. The molecule has 0 bridgehead atoms. The molecule has 154 valence electrons. The van der Waals surface area contributed by atoms with Crippen molar-refractivity contribution in [1.82, 2.24) is 30.0 Å². The van der Waals surface area contributed by atoms with Crippen molar-refractivity contribution in [3.63, 3.8) is 0 Å². The Kier molecular flexibility index (Phi) is 7.63. The number of amides is 1. The summed E-state index contributed by atoms with van der Waals surface area (Å²) in [5.74, 6) is 1.38. The molecule has 0 radical (unpaired) electrons. The normalized spacial score (nSPS) is 16.0. The van der Waals surface area contributed by atoms with Crippen LogP contribution in [0.25, 0.3) is 0 Å².